The van der Waals surface area contributed by atoms with Crippen LogP contribution in [0, 0.1) is 4.91 Å². The summed E-state index contributed by atoms with van der Waals surface area (Å²) in [5, 5.41) is 0. The molecule has 0 aliphatic carbocycles. The van der Waals surface area contributed by atoms with Crippen LogP contribution in [0.4, 0.5) is 0 Å². The first-order valence-electron chi connectivity index (χ1n) is 1.40. The summed E-state index contributed by atoms with van der Waals surface area (Å²) in [6.45, 7) is 1.91. The Balaban J connectivity index is 2.81. The average Bonchev–Trinajstić information content (AvgIpc) is 1.35. The maximum absolute atomic E-state index is 9.32. The quantitative estimate of drug-likeness (QED) is 0.305. The van der Waals surface area contributed by atoms with Crippen molar-refractivity contribution < 1.29 is 0 Å². The fourth-order valence-corrected chi connectivity index (χ4v) is 0.456. The van der Waals surface area contributed by atoms with Crippen molar-refractivity contribution in [2.75, 3.05) is 0 Å². The fraction of sp³-hybridized carbons (Fsp3) is 1.00. The van der Waals surface area contributed by atoms with E-state index in [1.54, 1.807) is 0 Å². The summed E-state index contributed by atoms with van der Waals surface area (Å²) in [6, 6.07) is 0. The molecule has 6 heavy (non-hydrogen) atoms. The lowest BCUT2D eigenvalue weighted by Crippen LogP contribution is -1.79. The molecule has 0 heterocycles. The van der Waals surface area contributed by atoms with E-state index in [0.29, 0.717) is 3.85 Å². The van der Waals surface area contributed by atoms with Gasteiger partial charge in [0.25, 0.3) is 0 Å². The minimum absolute atomic E-state index is 0.306. The van der Waals surface area contributed by atoms with Gasteiger partial charge in [-0.05, 0) is 16.4 Å². The maximum atomic E-state index is 9.32. The van der Waals surface area contributed by atoms with Gasteiger partial charge in [-0.1, -0.05) is 6.82 Å². The molecule has 0 aromatic carbocycles. The van der Waals surface area contributed by atoms with Crippen LogP contribution in [0.1, 0.15) is 0 Å². The molecule has 5 heteroatoms. The Bertz CT molecular complexity index is 50.8. The molecule has 34 valence electrons. The highest BCUT2D eigenvalue weighted by Gasteiger charge is 1.98. The van der Waals surface area contributed by atoms with Crippen molar-refractivity contribution >= 4 is 38.0 Å². The Morgan fingerprint density at radius 2 is 2.50 bits per heavy atom. The predicted molar refractivity (Wildman–Crippen MR) is 39.0 cm³/mol. The van der Waals surface area contributed by atoms with Gasteiger partial charge in [0.1, 0.15) is 0 Å². The second-order valence-electron chi connectivity index (χ2n) is 0.723. The van der Waals surface area contributed by atoms with Crippen LogP contribution in [-0.4, -0.2) is 3.85 Å². The van der Waals surface area contributed by atoms with Crippen LogP contribution in [0.3, 0.4) is 0 Å². The van der Waals surface area contributed by atoms with Crippen molar-refractivity contribution in [3.05, 3.63) is 4.91 Å². The minimum atomic E-state index is 0.306. The molecule has 0 saturated carbocycles. The number of nitroso groups, excluding NO2 is 1. The fourth-order valence-electron chi connectivity index (χ4n) is 0.0593. The van der Waals surface area contributed by atoms with Crippen molar-refractivity contribution in [3.63, 3.8) is 0 Å². The van der Waals surface area contributed by atoms with Crippen molar-refractivity contribution in [3.8, 4) is 0 Å². The van der Waals surface area contributed by atoms with Crippen LogP contribution in [0.25, 0.3) is 0 Å². The molecule has 0 aromatic heterocycles. The van der Waals surface area contributed by atoms with Gasteiger partial charge in [0.2, 0.25) is 0 Å². The maximum Gasteiger partial charge on any atom is 0.312 e. The van der Waals surface area contributed by atoms with E-state index < -0.39 is 0 Å². The normalized spacial score (nSPS) is 7.67. The van der Waals surface area contributed by atoms with E-state index in [-0.39, 0.29) is 0 Å². The van der Waals surface area contributed by atoms with Gasteiger partial charge >= 0.3 is 3.85 Å². The molecule has 0 aliphatic rings. The SMILES string of the molecule is CB(I)SN=O. The zero-order valence-corrected chi connectivity index (χ0v) is 6.19. The Hall–Kier alpha value is 0.745. The second-order valence-corrected chi connectivity index (χ2v) is 4.50. The molecule has 0 N–H and O–H groups in total. The predicted octanol–water partition coefficient (Wildman–Crippen LogP) is 1.95. The minimum Gasteiger partial charge on any atom is -0.138 e. The topological polar surface area (TPSA) is 29.4 Å². The Morgan fingerprint density at radius 3 is 2.50 bits per heavy atom. The van der Waals surface area contributed by atoms with Crippen molar-refractivity contribution in [1.82, 2.24) is 0 Å². The Kier molecular flexibility index (Phi) is 4.41. The molecule has 0 radical (unpaired) electrons. The van der Waals surface area contributed by atoms with Crippen molar-refractivity contribution in [2.45, 2.75) is 6.82 Å². The summed E-state index contributed by atoms with van der Waals surface area (Å²) in [4.78, 5) is 9.32. The van der Waals surface area contributed by atoms with Gasteiger partial charge in [-0.25, -0.2) is 0 Å². The van der Waals surface area contributed by atoms with Gasteiger partial charge in [-0.3, -0.25) is 0 Å². The third kappa shape index (κ3) is 4.74. The lowest BCUT2D eigenvalue weighted by Gasteiger charge is -1.79. The third-order valence-corrected chi connectivity index (χ3v) is 1.25. The van der Waals surface area contributed by atoms with Gasteiger partial charge in [0.05, 0.1) is 0 Å². The summed E-state index contributed by atoms with van der Waals surface area (Å²) in [5.74, 6) is 0. The number of halogens is 1. The molecule has 0 aliphatic heterocycles. The monoisotopic (exact) mass is 215 g/mol. The lowest BCUT2D eigenvalue weighted by molar-refractivity contribution is 1.90. The molecule has 0 spiro atoms. The van der Waals surface area contributed by atoms with Crippen LogP contribution in [0.2, 0.25) is 6.82 Å². The number of rotatable bonds is 2. The summed E-state index contributed by atoms with van der Waals surface area (Å²) in [5.41, 5.74) is 0. The number of nitrogens with zero attached hydrogens (tertiary/aromatic N) is 1. The molecule has 0 unspecified atom stereocenters. The molecular weight excluding hydrogens is 212 g/mol. The summed E-state index contributed by atoms with van der Waals surface area (Å²) in [7, 11) is 0. The summed E-state index contributed by atoms with van der Waals surface area (Å²) < 4.78 is 2.90. The third-order valence-electron chi connectivity index (χ3n) is 0.188. The van der Waals surface area contributed by atoms with Gasteiger partial charge < -0.3 is 0 Å². The average molecular weight is 215 g/mol. The van der Waals surface area contributed by atoms with Gasteiger partial charge in [-0.15, -0.1) is 27.3 Å². The van der Waals surface area contributed by atoms with Crippen LogP contribution >= 0.6 is 34.2 Å². The molecule has 2 nitrogen and oxygen atoms in total. The first-order valence-corrected chi connectivity index (χ1v) is 3.48. The molecule has 0 amide bonds. The highest BCUT2D eigenvalue weighted by atomic mass is 127. The largest absolute Gasteiger partial charge is 0.312 e. The van der Waals surface area contributed by atoms with Crippen molar-refractivity contribution in [1.29, 1.82) is 0 Å². The van der Waals surface area contributed by atoms with Gasteiger partial charge in [-0.2, -0.15) is 0 Å². The summed E-state index contributed by atoms with van der Waals surface area (Å²) in [6.07, 6.45) is 0. The van der Waals surface area contributed by atoms with Gasteiger partial charge in [0.15, 0.2) is 0 Å². The second kappa shape index (κ2) is 3.92. The van der Waals surface area contributed by atoms with Gasteiger partial charge in [0, 0.05) is 0 Å². The van der Waals surface area contributed by atoms with E-state index in [1.807, 2.05) is 6.82 Å². The molecular formula is CH3BINOS. The highest BCUT2D eigenvalue weighted by Crippen LogP contribution is 2.11. The Morgan fingerprint density at radius 1 is 2.00 bits per heavy atom. The number of hydrogen-bond acceptors (Lipinski definition) is 3. The first-order chi connectivity index (χ1) is 2.77. The van der Waals surface area contributed by atoms with E-state index in [4.69, 9.17) is 0 Å². The highest BCUT2D eigenvalue weighted by molar-refractivity contribution is 14.1. The smallest absolute Gasteiger partial charge is 0.138 e. The van der Waals surface area contributed by atoms with E-state index in [2.05, 4.69) is 27.0 Å². The zero-order valence-electron chi connectivity index (χ0n) is 3.22. The molecule has 0 rings (SSSR count). The molecule has 0 saturated heterocycles. The van der Waals surface area contributed by atoms with Crippen LogP contribution < -0.4 is 0 Å². The Labute approximate surface area is 54.4 Å². The summed E-state index contributed by atoms with van der Waals surface area (Å²) >= 11 is 3.15. The van der Waals surface area contributed by atoms with E-state index >= 15 is 0 Å². The van der Waals surface area contributed by atoms with E-state index in [9.17, 15) is 4.91 Å². The zero-order chi connectivity index (χ0) is 4.99. The number of hydrogen-bond donors (Lipinski definition) is 0. The van der Waals surface area contributed by atoms with Crippen LogP contribution in [0.15, 0.2) is 4.58 Å². The van der Waals surface area contributed by atoms with E-state index in [1.165, 1.54) is 0 Å². The molecule has 0 fully saturated rings. The molecule has 0 atom stereocenters. The van der Waals surface area contributed by atoms with Crippen LogP contribution in [0.5, 0.6) is 0 Å². The lowest BCUT2D eigenvalue weighted by atomic mass is 10.2. The van der Waals surface area contributed by atoms with Crippen LogP contribution in [-0.2, 0) is 0 Å². The standard InChI is InChI=1S/CH3BINOS/c1-2(3)6-4-5/h1H3. The van der Waals surface area contributed by atoms with E-state index in [0.717, 1.165) is 11.8 Å². The molecule has 0 aromatic rings. The molecule has 0 bridgehead atoms. The first kappa shape index (κ1) is 6.74. The van der Waals surface area contributed by atoms with Crippen molar-refractivity contribution in [2.24, 2.45) is 4.58 Å².